The Bertz CT molecular complexity index is 924. The number of para-hydroxylation sites is 1. The molecule has 1 N–H and O–H groups in total. The summed E-state index contributed by atoms with van der Waals surface area (Å²) >= 11 is 0. The van der Waals surface area contributed by atoms with Crippen LogP contribution in [0.25, 0.3) is 0 Å². The van der Waals surface area contributed by atoms with Crippen molar-refractivity contribution in [1.82, 2.24) is 4.72 Å². The summed E-state index contributed by atoms with van der Waals surface area (Å²) in [5, 5.41) is 10.9. The van der Waals surface area contributed by atoms with Crippen LogP contribution in [0.2, 0.25) is 0 Å². The van der Waals surface area contributed by atoms with Crippen LogP contribution in [-0.2, 0) is 10.0 Å². The van der Waals surface area contributed by atoms with Crippen molar-refractivity contribution in [2.75, 3.05) is 0 Å². The van der Waals surface area contributed by atoms with E-state index in [2.05, 4.69) is 4.72 Å². The molecule has 3 rings (SSSR count). The number of ether oxygens (including phenoxy) is 1. The summed E-state index contributed by atoms with van der Waals surface area (Å²) in [4.78, 5) is 10.1. The highest BCUT2D eigenvalue weighted by Gasteiger charge is 2.36. The van der Waals surface area contributed by atoms with Gasteiger partial charge in [0.05, 0.1) is 15.9 Å². The predicted octanol–water partition coefficient (Wildman–Crippen LogP) is 3.18. The number of benzene rings is 2. The van der Waals surface area contributed by atoms with Crippen molar-refractivity contribution in [2.24, 2.45) is 0 Å². The van der Waals surface area contributed by atoms with Gasteiger partial charge in [-0.2, -0.15) is 0 Å². The van der Waals surface area contributed by atoms with E-state index in [1.807, 2.05) is 32.0 Å². The first-order valence-electron chi connectivity index (χ1n) is 7.73. The third-order valence-corrected chi connectivity index (χ3v) is 5.48. The van der Waals surface area contributed by atoms with Gasteiger partial charge in [-0.3, -0.25) is 10.1 Å². The molecule has 0 spiro atoms. The summed E-state index contributed by atoms with van der Waals surface area (Å²) in [5.41, 5.74) is -0.0593. The fourth-order valence-corrected chi connectivity index (χ4v) is 4.18. The number of nitrogens with one attached hydrogen (secondary N) is 1. The highest BCUT2D eigenvalue weighted by atomic mass is 32.2. The van der Waals surface area contributed by atoms with E-state index in [9.17, 15) is 18.5 Å². The van der Waals surface area contributed by atoms with Crippen LogP contribution in [0.4, 0.5) is 5.69 Å². The molecule has 0 bridgehead atoms. The zero-order chi connectivity index (χ0) is 18.2. The first kappa shape index (κ1) is 17.4. The first-order chi connectivity index (χ1) is 11.7. The van der Waals surface area contributed by atoms with Gasteiger partial charge in [-0.15, -0.1) is 0 Å². The molecule has 2 aromatic carbocycles. The lowest BCUT2D eigenvalue weighted by molar-refractivity contribution is -0.385. The standard InChI is InChI=1S/C17H18N2O5S/c1-17(2)11-15(14-8-3-4-9-16(14)24-17)18-25(22,23)13-7-5-6-12(10-13)19(20)21/h3-10,15,18H,11H2,1-2H3/t15-/m1/s1. The number of hydrogen-bond donors (Lipinski definition) is 1. The summed E-state index contributed by atoms with van der Waals surface area (Å²) in [5.74, 6) is 0.630. The van der Waals surface area contributed by atoms with Crippen LogP contribution < -0.4 is 9.46 Å². The predicted molar refractivity (Wildman–Crippen MR) is 91.9 cm³/mol. The molecule has 0 radical (unpaired) electrons. The van der Waals surface area contributed by atoms with Gasteiger partial charge in [0.2, 0.25) is 10.0 Å². The van der Waals surface area contributed by atoms with E-state index in [1.165, 1.54) is 18.2 Å². The van der Waals surface area contributed by atoms with Gasteiger partial charge in [-0.25, -0.2) is 13.1 Å². The Balaban J connectivity index is 1.96. The molecule has 0 fully saturated rings. The van der Waals surface area contributed by atoms with Gasteiger partial charge in [0, 0.05) is 24.1 Å². The summed E-state index contributed by atoms with van der Waals surface area (Å²) in [6.07, 6.45) is 0.443. The summed E-state index contributed by atoms with van der Waals surface area (Å²) in [6.45, 7) is 3.77. The average molecular weight is 362 g/mol. The van der Waals surface area contributed by atoms with Crippen LogP contribution in [0.3, 0.4) is 0 Å². The van der Waals surface area contributed by atoms with E-state index in [0.29, 0.717) is 12.2 Å². The molecule has 0 aromatic heterocycles. The molecule has 0 saturated carbocycles. The lowest BCUT2D eigenvalue weighted by Gasteiger charge is -2.37. The number of hydrogen-bond acceptors (Lipinski definition) is 5. The lowest BCUT2D eigenvalue weighted by Crippen LogP contribution is -2.41. The smallest absolute Gasteiger partial charge is 0.270 e. The van der Waals surface area contributed by atoms with E-state index < -0.39 is 26.6 Å². The van der Waals surface area contributed by atoms with Crippen LogP contribution in [-0.4, -0.2) is 18.9 Å². The fourth-order valence-electron chi connectivity index (χ4n) is 2.93. The minimum Gasteiger partial charge on any atom is -0.487 e. The van der Waals surface area contributed by atoms with Crippen molar-refractivity contribution in [3.8, 4) is 5.75 Å². The molecule has 1 aliphatic heterocycles. The Morgan fingerprint density at radius 1 is 1.20 bits per heavy atom. The van der Waals surface area contributed by atoms with E-state index in [1.54, 1.807) is 6.07 Å². The van der Waals surface area contributed by atoms with E-state index in [4.69, 9.17) is 4.74 Å². The van der Waals surface area contributed by atoms with E-state index in [0.717, 1.165) is 11.6 Å². The van der Waals surface area contributed by atoms with Crippen LogP contribution in [0.15, 0.2) is 53.4 Å². The van der Waals surface area contributed by atoms with Gasteiger partial charge in [0.25, 0.3) is 5.69 Å². The van der Waals surface area contributed by atoms with E-state index in [-0.39, 0.29) is 10.6 Å². The molecule has 1 heterocycles. The fraction of sp³-hybridized carbons (Fsp3) is 0.294. The Hall–Kier alpha value is -2.45. The maximum absolute atomic E-state index is 12.7. The van der Waals surface area contributed by atoms with Gasteiger partial charge in [0.15, 0.2) is 0 Å². The second-order valence-corrected chi connectivity index (χ2v) is 8.25. The second-order valence-electron chi connectivity index (χ2n) is 6.53. The maximum Gasteiger partial charge on any atom is 0.270 e. The molecule has 0 amide bonds. The molecule has 132 valence electrons. The summed E-state index contributed by atoms with van der Waals surface area (Å²) in [7, 11) is -3.92. The molecule has 2 aromatic rings. The normalized spacial score (nSPS) is 18.9. The largest absolute Gasteiger partial charge is 0.487 e. The minimum absolute atomic E-state index is 0.136. The Morgan fingerprint density at radius 2 is 1.92 bits per heavy atom. The molecule has 0 unspecified atom stereocenters. The number of sulfonamides is 1. The van der Waals surface area contributed by atoms with Crippen LogP contribution >= 0.6 is 0 Å². The van der Waals surface area contributed by atoms with Gasteiger partial charge in [-0.05, 0) is 26.0 Å². The molecule has 0 aliphatic carbocycles. The zero-order valence-electron chi connectivity index (χ0n) is 13.8. The topological polar surface area (TPSA) is 98.5 Å². The number of non-ortho nitro benzene ring substituents is 1. The third kappa shape index (κ3) is 3.64. The van der Waals surface area contributed by atoms with Crippen molar-refractivity contribution in [2.45, 2.75) is 36.8 Å². The molecular formula is C17H18N2O5S. The van der Waals surface area contributed by atoms with Crippen molar-refractivity contribution < 1.29 is 18.1 Å². The van der Waals surface area contributed by atoms with E-state index >= 15 is 0 Å². The van der Waals surface area contributed by atoms with Crippen LogP contribution in [0.1, 0.15) is 31.9 Å². The summed E-state index contributed by atoms with van der Waals surface area (Å²) in [6, 6.07) is 11.8. The van der Waals surface area contributed by atoms with Gasteiger partial charge >= 0.3 is 0 Å². The van der Waals surface area contributed by atoms with Crippen molar-refractivity contribution in [1.29, 1.82) is 0 Å². The Labute approximate surface area is 145 Å². The second kappa shape index (κ2) is 6.12. The van der Waals surface area contributed by atoms with Crippen molar-refractivity contribution in [3.05, 3.63) is 64.2 Å². The molecule has 7 nitrogen and oxygen atoms in total. The van der Waals surface area contributed by atoms with Gasteiger partial charge in [0.1, 0.15) is 11.4 Å². The monoisotopic (exact) mass is 362 g/mol. The molecule has 25 heavy (non-hydrogen) atoms. The summed E-state index contributed by atoms with van der Waals surface area (Å²) < 4.78 is 34.0. The SMILES string of the molecule is CC1(C)C[C@@H](NS(=O)(=O)c2cccc([N+](=O)[O-])c2)c2ccccc2O1. The Morgan fingerprint density at radius 3 is 2.64 bits per heavy atom. The quantitative estimate of drug-likeness (QED) is 0.665. The third-order valence-electron chi connectivity index (χ3n) is 4.01. The number of nitrogens with zero attached hydrogens (tertiary/aromatic N) is 1. The molecule has 8 heteroatoms. The molecular weight excluding hydrogens is 344 g/mol. The highest BCUT2D eigenvalue weighted by molar-refractivity contribution is 7.89. The minimum atomic E-state index is -3.92. The number of fused-ring (bicyclic) bond motifs is 1. The highest BCUT2D eigenvalue weighted by Crippen LogP contribution is 2.39. The average Bonchev–Trinajstić information content (AvgIpc) is 2.53. The molecule has 1 aliphatic rings. The van der Waals surface area contributed by atoms with Crippen molar-refractivity contribution >= 4 is 15.7 Å². The van der Waals surface area contributed by atoms with Gasteiger partial charge in [-0.1, -0.05) is 24.3 Å². The first-order valence-corrected chi connectivity index (χ1v) is 9.21. The van der Waals surface area contributed by atoms with Crippen molar-refractivity contribution in [3.63, 3.8) is 0 Å². The van der Waals surface area contributed by atoms with Crippen LogP contribution in [0, 0.1) is 10.1 Å². The Kier molecular flexibility index (Phi) is 4.26. The zero-order valence-corrected chi connectivity index (χ0v) is 14.6. The number of nitro groups is 1. The molecule has 0 saturated heterocycles. The lowest BCUT2D eigenvalue weighted by atomic mass is 9.90. The number of nitro benzene ring substituents is 1. The molecule has 1 atom stereocenters. The van der Waals surface area contributed by atoms with Gasteiger partial charge < -0.3 is 4.74 Å². The maximum atomic E-state index is 12.7. The van der Waals surface area contributed by atoms with Crippen LogP contribution in [0.5, 0.6) is 5.75 Å². The number of rotatable bonds is 4.